The molecule has 4 aliphatic rings. The van der Waals surface area contributed by atoms with Gasteiger partial charge < -0.3 is 24.6 Å². The average molecular weight is 397 g/mol. The number of likely N-dealkylation sites (tertiary alicyclic amines) is 1. The Balaban J connectivity index is 1.28. The van der Waals surface area contributed by atoms with Gasteiger partial charge >= 0.3 is 0 Å². The maximum Gasteiger partial charge on any atom is 0.239 e. The molecule has 1 N–H and O–H groups in total. The number of nitrogens with zero attached hydrogens (tertiary/aromatic N) is 2. The van der Waals surface area contributed by atoms with Crippen molar-refractivity contribution in [2.75, 3.05) is 39.3 Å². The van der Waals surface area contributed by atoms with Gasteiger partial charge in [-0.15, -0.1) is 0 Å². The summed E-state index contributed by atoms with van der Waals surface area (Å²) in [4.78, 5) is 41.3. The van der Waals surface area contributed by atoms with E-state index < -0.39 is 23.5 Å². The minimum Gasteiger partial charge on any atom is -0.492 e. The maximum absolute atomic E-state index is 13.2. The van der Waals surface area contributed by atoms with E-state index >= 15 is 0 Å². The SMILES string of the molecule is O=C1CN(C(=O)[C@H]2[C@@H]3C=C[C@@]4(CN(CCOc5ccccc5)C(=O)[C@@H]24)O3)CCN1. The molecule has 3 saturated heterocycles. The molecule has 2 bridgehead atoms. The highest BCUT2D eigenvalue weighted by molar-refractivity contribution is 5.94. The first kappa shape index (κ1) is 18.2. The lowest BCUT2D eigenvalue weighted by Gasteiger charge is -2.32. The molecule has 152 valence electrons. The van der Waals surface area contributed by atoms with Crippen LogP contribution in [0.15, 0.2) is 42.5 Å². The number of hydrogen-bond donors (Lipinski definition) is 1. The molecule has 0 radical (unpaired) electrons. The molecule has 4 aliphatic heterocycles. The largest absolute Gasteiger partial charge is 0.492 e. The highest BCUT2D eigenvalue weighted by atomic mass is 16.5. The second kappa shape index (κ2) is 6.88. The number of hydrogen-bond acceptors (Lipinski definition) is 5. The zero-order valence-electron chi connectivity index (χ0n) is 16.0. The van der Waals surface area contributed by atoms with Crippen LogP contribution < -0.4 is 10.1 Å². The fourth-order valence-electron chi connectivity index (χ4n) is 4.88. The molecule has 8 heteroatoms. The lowest BCUT2D eigenvalue weighted by molar-refractivity contribution is -0.146. The lowest BCUT2D eigenvalue weighted by Crippen LogP contribution is -2.54. The smallest absolute Gasteiger partial charge is 0.239 e. The van der Waals surface area contributed by atoms with Gasteiger partial charge in [-0.05, 0) is 12.1 Å². The number of piperazine rings is 1. The van der Waals surface area contributed by atoms with Crippen LogP contribution in [0.1, 0.15) is 0 Å². The molecule has 29 heavy (non-hydrogen) atoms. The van der Waals surface area contributed by atoms with Crippen molar-refractivity contribution in [3.8, 4) is 5.75 Å². The van der Waals surface area contributed by atoms with Gasteiger partial charge in [0.05, 0.1) is 37.6 Å². The van der Waals surface area contributed by atoms with E-state index in [1.54, 1.807) is 9.80 Å². The van der Waals surface area contributed by atoms with Crippen molar-refractivity contribution in [2.24, 2.45) is 11.8 Å². The molecule has 4 heterocycles. The van der Waals surface area contributed by atoms with Crippen LogP contribution in [-0.4, -0.2) is 78.6 Å². The maximum atomic E-state index is 13.2. The molecule has 8 nitrogen and oxygen atoms in total. The van der Waals surface area contributed by atoms with Crippen LogP contribution in [0.25, 0.3) is 0 Å². The topological polar surface area (TPSA) is 88.2 Å². The van der Waals surface area contributed by atoms with E-state index in [9.17, 15) is 14.4 Å². The standard InChI is InChI=1S/C21H23N3O5/c25-16-12-23(9-8-22-16)19(26)17-15-6-7-21(29-15)13-24(20(27)18(17)21)10-11-28-14-4-2-1-3-5-14/h1-7,15,17-18H,8-13H2,(H,22,25)/t15-,17-,18+,21-/m0/s1. The van der Waals surface area contributed by atoms with Gasteiger partial charge in [-0.25, -0.2) is 0 Å². The minimum atomic E-state index is -0.743. The first-order valence-corrected chi connectivity index (χ1v) is 9.97. The highest BCUT2D eigenvalue weighted by Gasteiger charge is 2.67. The van der Waals surface area contributed by atoms with Gasteiger partial charge in [0.2, 0.25) is 17.7 Å². The van der Waals surface area contributed by atoms with Crippen molar-refractivity contribution in [1.82, 2.24) is 15.1 Å². The van der Waals surface area contributed by atoms with Gasteiger partial charge in [0.25, 0.3) is 0 Å². The number of nitrogens with one attached hydrogen (secondary N) is 1. The molecule has 0 aliphatic carbocycles. The molecular formula is C21H23N3O5. The lowest BCUT2D eigenvalue weighted by atomic mass is 9.76. The van der Waals surface area contributed by atoms with Gasteiger partial charge in [-0.1, -0.05) is 30.4 Å². The van der Waals surface area contributed by atoms with Gasteiger partial charge in [-0.3, -0.25) is 14.4 Å². The summed E-state index contributed by atoms with van der Waals surface area (Å²) in [6.45, 7) is 2.16. The summed E-state index contributed by atoms with van der Waals surface area (Å²) in [5.74, 6) is -0.766. The Morgan fingerprint density at radius 1 is 1.28 bits per heavy atom. The van der Waals surface area contributed by atoms with Crippen molar-refractivity contribution in [2.45, 2.75) is 11.7 Å². The molecule has 0 saturated carbocycles. The predicted molar refractivity (Wildman–Crippen MR) is 102 cm³/mol. The fraction of sp³-hybridized carbons (Fsp3) is 0.476. The number of rotatable bonds is 5. The van der Waals surface area contributed by atoms with Crippen molar-refractivity contribution >= 4 is 17.7 Å². The molecule has 0 aromatic heterocycles. The van der Waals surface area contributed by atoms with E-state index in [0.717, 1.165) is 5.75 Å². The minimum absolute atomic E-state index is 0.0360. The molecule has 1 aromatic carbocycles. The van der Waals surface area contributed by atoms with E-state index in [1.807, 2.05) is 42.5 Å². The van der Waals surface area contributed by atoms with Crippen LogP contribution in [0.2, 0.25) is 0 Å². The quantitative estimate of drug-likeness (QED) is 0.696. The normalized spacial score (nSPS) is 32.5. The first-order valence-electron chi connectivity index (χ1n) is 9.97. The monoisotopic (exact) mass is 397 g/mol. The summed E-state index contributed by atoms with van der Waals surface area (Å²) >= 11 is 0. The summed E-state index contributed by atoms with van der Waals surface area (Å²) in [5.41, 5.74) is -0.743. The summed E-state index contributed by atoms with van der Waals surface area (Å²) in [6.07, 6.45) is 3.43. The number of para-hydroxylation sites is 1. The van der Waals surface area contributed by atoms with Gasteiger partial charge in [0, 0.05) is 13.1 Å². The zero-order valence-corrected chi connectivity index (χ0v) is 16.0. The molecule has 3 fully saturated rings. The third-order valence-electron chi connectivity index (χ3n) is 6.19. The highest BCUT2D eigenvalue weighted by Crippen LogP contribution is 2.52. The third kappa shape index (κ3) is 2.98. The second-order valence-corrected chi connectivity index (χ2v) is 7.93. The third-order valence-corrected chi connectivity index (χ3v) is 6.19. The van der Waals surface area contributed by atoms with E-state index in [2.05, 4.69) is 5.32 Å². The molecular weight excluding hydrogens is 374 g/mol. The van der Waals surface area contributed by atoms with Crippen LogP contribution in [-0.2, 0) is 19.1 Å². The van der Waals surface area contributed by atoms with E-state index in [-0.39, 0.29) is 24.3 Å². The number of ether oxygens (including phenoxy) is 2. The molecule has 1 spiro atoms. The Hall–Kier alpha value is -2.87. The number of benzene rings is 1. The Kier molecular flexibility index (Phi) is 4.31. The summed E-state index contributed by atoms with van der Waals surface area (Å²) in [7, 11) is 0. The van der Waals surface area contributed by atoms with Crippen LogP contribution in [0, 0.1) is 11.8 Å². The van der Waals surface area contributed by atoms with Gasteiger partial charge in [0.15, 0.2) is 0 Å². The van der Waals surface area contributed by atoms with E-state index in [4.69, 9.17) is 9.47 Å². The molecule has 3 amide bonds. The van der Waals surface area contributed by atoms with Crippen molar-refractivity contribution in [1.29, 1.82) is 0 Å². The number of amides is 3. The first-order chi connectivity index (χ1) is 14.1. The van der Waals surface area contributed by atoms with Crippen molar-refractivity contribution in [3.05, 3.63) is 42.5 Å². The van der Waals surface area contributed by atoms with Crippen LogP contribution in [0.4, 0.5) is 0 Å². The molecule has 0 unspecified atom stereocenters. The van der Waals surface area contributed by atoms with E-state index in [0.29, 0.717) is 32.8 Å². The summed E-state index contributed by atoms with van der Waals surface area (Å²) in [6, 6.07) is 9.45. The predicted octanol–water partition coefficient (Wildman–Crippen LogP) is -0.194. The molecule has 1 aromatic rings. The van der Waals surface area contributed by atoms with Crippen molar-refractivity contribution in [3.63, 3.8) is 0 Å². The Morgan fingerprint density at radius 3 is 2.90 bits per heavy atom. The summed E-state index contributed by atoms with van der Waals surface area (Å²) < 4.78 is 11.9. The van der Waals surface area contributed by atoms with Crippen LogP contribution >= 0.6 is 0 Å². The fourth-order valence-corrected chi connectivity index (χ4v) is 4.88. The molecule has 4 atom stereocenters. The van der Waals surface area contributed by atoms with Crippen LogP contribution in [0.5, 0.6) is 5.75 Å². The van der Waals surface area contributed by atoms with Crippen molar-refractivity contribution < 1.29 is 23.9 Å². The van der Waals surface area contributed by atoms with E-state index in [1.165, 1.54) is 0 Å². The Morgan fingerprint density at radius 2 is 2.10 bits per heavy atom. The van der Waals surface area contributed by atoms with Gasteiger partial charge in [0.1, 0.15) is 18.0 Å². The summed E-state index contributed by atoms with van der Waals surface area (Å²) in [5, 5.41) is 2.72. The average Bonchev–Trinajstić information content (AvgIpc) is 3.37. The molecule has 5 rings (SSSR count). The number of carbonyl (C=O) groups is 3. The Bertz CT molecular complexity index is 872. The van der Waals surface area contributed by atoms with Crippen LogP contribution in [0.3, 0.4) is 0 Å². The zero-order chi connectivity index (χ0) is 20.0. The number of carbonyl (C=O) groups excluding carboxylic acids is 3. The van der Waals surface area contributed by atoms with Gasteiger partial charge in [-0.2, -0.15) is 0 Å². The number of fused-ring (bicyclic) bond motifs is 1. The Labute approximate surface area is 168 Å². The second-order valence-electron chi connectivity index (χ2n) is 7.93.